The van der Waals surface area contributed by atoms with Crippen molar-refractivity contribution in [1.82, 2.24) is 0 Å². The van der Waals surface area contributed by atoms with E-state index in [1.54, 1.807) is 0 Å². The molecule has 0 N–H and O–H groups in total. The molecule has 5 rings (SSSR count). The van der Waals surface area contributed by atoms with E-state index in [1.165, 1.54) is 0 Å². The predicted molar refractivity (Wildman–Crippen MR) is 42.9 cm³/mol. The van der Waals surface area contributed by atoms with Crippen LogP contribution in [0, 0.1) is 47.3 Å². The molecule has 14 heavy (non-hydrogen) atoms. The number of carbonyl (C=O) groups excluding carboxylic acids is 3. The van der Waals surface area contributed by atoms with Crippen molar-refractivity contribution in [2.45, 2.75) is 0 Å². The molecule has 0 saturated heterocycles. The van der Waals surface area contributed by atoms with E-state index in [1.807, 2.05) is 0 Å². The van der Waals surface area contributed by atoms with Gasteiger partial charge in [-0.3, -0.25) is 14.4 Å². The second kappa shape index (κ2) is 1.42. The second-order valence-corrected chi connectivity index (χ2v) is 5.52. The highest BCUT2D eigenvalue weighted by molar-refractivity contribution is 6.16. The van der Waals surface area contributed by atoms with Gasteiger partial charge < -0.3 is 0 Å². The monoisotopic (exact) mass is 188 g/mol. The van der Waals surface area contributed by atoms with Gasteiger partial charge in [0.25, 0.3) is 0 Å². The van der Waals surface area contributed by atoms with Crippen LogP contribution in [-0.4, -0.2) is 17.3 Å². The second-order valence-electron chi connectivity index (χ2n) is 5.52. The third kappa shape index (κ3) is 0.317. The highest BCUT2D eigenvalue weighted by atomic mass is 16.2. The average Bonchev–Trinajstić information content (AvgIpc) is 2.57. The quantitative estimate of drug-likeness (QED) is 0.524. The van der Waals surface area contributed by atoms with Gasteiger partial charge in [-0.1, -0.05) is 0 Å². The maximum Gasteiger partial charge on any atom is 0.141 e. The molecule has 3 heteroatoms. The summed E-state index contributed by atoms with van der Waals surface area (Å²) in [6.07, 6.45) is 0. The predicted octanol–water partition coefficient (Wildman–Crippen LogP) is -0.309. The fraction of sp³-hybridized carbons (Fsp3) is 0.727. The molecule has 0 aromatic rings. The molecule has 8 atom stereocenters. The first kappa shape index (κ1) is 6.49. The van der Waals surface area contributed by atoms with Crippen LogP contribution >= 0.6 is 0 Å². The van der Waals surface area contributed by atoms with E-state index in [0.717, 1.165) is 0 Å². The van der Waals surface area contributed by atoms with E-state index in [9.17, 15) is 14.4 Å². The summed E-state index contributed by atoms with van der Waals surface area (Å²) in [7, 11) is 0. The van der Waals surface area contributed by atoms with Crippen LogP contribution in [0.25, 0.3) is 0 Å². The van der Waals surface area contributed by atoms with Gasteiger partial charge >= 0.3 is 0 Å². The van der Waals surface area contributed by atoms with Crippen molar-refractivity contribution in [3.63, 3.8) is 0 Å². The largest absolute Gasteiger partial charge is 0.299 e. The number of hydrogen-bond acceptors (Lipinski definition) is 3. The number of Topliss-reactive ketones (excluding diaryl/α,β-unsaturated/α-hetero) is 3. The van der Waals surface area contributed by atoms with Gasteiger partial charge in [0.1, 0.15) is 17.3 Å². The van der Waals surface area contributed by atoms with Gasteiger partial charge in [0.2, 0.25) is 0 Å². The minimum absolute atomic E-state index is 0.0183. The minimum Gasteiger partial charge on any atom is -0.299 e. The molecule has 0 heterocycles. The Morgan fingerprint density at radius 3 is 1.21 bits per heavy atom. The van der Waals surface area contributed by atoms with Crippen LogP contribution in [0.3, 0.4) is 0 Å². The van der Waals surface area contributed by atoms with Crippen LogP contribution in [0.2, 0.25) is 0 Å². The van der Waals surface area contributed by atoms with E-state index >= 15 is 0 Å². The van der Waals surface area contributed by atoms with Crippen LogP contribution in [0.15, 0.2) is 0 Å². The molecule has 3 nitrogen and oxygen atoms in total. The molecule has 0 amide bonds. The lowest BCUT2D eigenvalue weighted by atomic mass is 9.59. The molecule has 0 spiro atoms. The van der Waals surface area contributed by atoms with Crippen LogP contribution in [0.4, 0.5) is 0 Å². The molecule has 0 aromatic heterocycles. The minimum atomic E-state index is -0.162. The lowest BCUT2D eigenvalue weighted by Crippen LogP contribution is -2.47. The van der Waals surface area contributed by atoms with Crippen molar-refractivity contribution in [2.75, 3.05) is 0 Å². The zero-order valence-corrected chi connectivity index (χ0v) is 7.34. The summed E-state index contributed by atoms with van der Waals surface area (Å²) in [5.41, 5.74) is 0. The first-order chi connectivity index (χ1) is 6.73. The first-order valence-corrected chi connectivity index (χ1v) is 5.34. The standard InChI is InChI=1S/C11H8O3/c12-9-5-1-2-4-3(1)10(13)7(5)8(6(2)9)11(4)14/h1-8H. The summed E-state index contributed by atoms with van der Waals surface area (Å²) in [5.74, 6) is 0.999. The molecule has 5 saturated carbocycles. The highest BCUT2D eigenvalue weighted by Gasteiger charge is 2.87. The molecule has 8 unspecified atom stereocenters. The van der Waals surface area contributed by atoms with E-state index in [0.29, 0.717) is 11.8 Å². The molecule has 2 bridgehead atoms. The summed E-state index contributed by atoms with van der Waals surface area (Å²) in [6, 6.07) is 0. The topological polar surface area (TPSA) is 51.2 Å². The lowest BCUT2D eigenvalue weighted by molar-refractivity contribution is -0.145. The summed E-state index contributed by atoms with van der Waals surface area (Å²) < 4.78 is 0. The van der Waals surface area contributed by atoms with Crippen LogP contribution in [-0.2, 0) is 14.4 Å². The molecule has 70 valence electrons. The number of rotatable bonds is 0. The van der Waals surface area contributed by atoms with Gasteiger partial charge in [-0.25, -0.2) is 0 Å². The van der Waals surface area contributed by atoms with Crippen molar-refractivity contribution in [3.8, 4) is 0 Å². The molecular formula is C11H8O3. The Morgan fingerprint density at radius 1 is 0.500 bits per heavy atom. The van der Waals surface area contributed by atoms with Crippen molar-refractivity contribution in [3.05, 3.63) is 0 Å². The third-order valence-electron chi connectivity index (χ3n) is 5.62. The average molecular weight is 188 g/mol. The number of hydrogen-bond donors (Lipinski definition) is 0. The SMILES string of the molecule is O=C1C2C3C(=O)C4C5C(=O)C3C1C5C24. The van der Waals surface area contributed by atoms with Gasteiger partial charge in [-0.2, -0.15) is 0 Å². The van der Waals surface area contributed by atoms with Crippen LogP contribution < -0.4 is 0 Å². The van der Waals surface area contributed by atoms with Gasteiger partial charge in [-0.05, 0) is 11.8 Å². The molecular weight excluding hydrogens is 180 g/mol. The Morgan fingerprint density at radius 2 is 0.786 bits per heavy atom. The number of ketones is 3. The Bertz CT molecular complexity index is 409. The smallest absolute Gasteiger partial charge is 0.141 e. The van der Waals surface area contributed by atoms with E-state index in [4.69, 9.17) is 0 Å². The van der Waals surface area contributed by atoms with Gasteiger partial charge in [0.05, 0.1) is 0 Å². The molecule has 5 fully saturated rings. The fourth-order valence-electron chi connectivity index (χ4n) is 5.50. The van der Waals surface area contributed by atoms with Crippen LogP contribution in [0.1, 0.15) is 0 Å². The molecule has 0 aromatic carbocycles. The molecule has 5 aliphatic rings. The normalized spacial score (nSPS) is 69.9. The summed E-state index contributed by atoms with van der Waals surface area (Å²) in [5, 5.41) is 0. The highest BCUT2D eigenvalue weighted by Crippen LogP contribution is 2.79. The first-order valence-electron chi connectivity index (χ1n) is 5.34. The van der Waals surface area contributed by atoms with E-state index in [-0.39, 0.29) is 52.9 Å². The lowest BCUT2D eigenvalue weighted by Gasteiger charge is -2.41. The van der Waals surface area contributed by atoms with E-state index in [2.05, 4.69) is 0 Å². The Labute approximate surface area is 79.8 Å². The van der Waals surface area contributed by atoms with Crippen molar-refractivity contribution in [2.24, 2.45) is 47.3 Å². The van der Waals surface area contributed by atoms with Crippen molar-refractivity contribution in [1.29, 1.82) is 0 Å². The van der Waals surface area contributed by atoms with Crippen LogP contribution in [0.5, 0.6) is 0 Å². The Balaban J connectivity index is 1.93. The fourth-order valence-corrected chi connectivity index (χ4v) is 5.50. The summed E-state index contributed by atoms with van der Waals surface area (Å²) in [6.45, 7) is 0. The van der Waals surface area contributed by atoms with Crippen molar-refractivity contribution >= 4 is 17.3 Å². The zero-order chi connectivity index (χ0) is 9.35. The zero-order valence-electron chi connectivity index (χ0n) is 7.34. The third-order valence-corrected chi connectivity index (χ3v) is 5.62. The van der Waals surface area contributed by atoms with Crippen molar-refractivity contribution < 1.29 is 14.4 Å². The van der Waals surface area contributed by atoms with Gasteiger partial charge in [0.15, 0.2) is 0 Å². The van der Waals surface area contributed by atoms with Gasteiger partial charge in [-0.15, -0.1) is 0 Å². The number of carbonyl (C=O) groups is 3. The Hall–Kier alpha value is -0.990. The maximum absolute atomic E-state index is 11.9. The Kier molecular flexibility index (Phi) is 0.658. The summed E-state index contributed by atoms with van der Waals surface area (Å²) in [4.78, 5) is 35.7. The molecule has 0 aliphatic heterocycles. The molecule has 5 aliphatic carbocycles. The van der Waals surface area contributed by atoms with E-state index < -0.39 is 0 Å². The number of fused-ring (bicyclic) bond motifs is 2. The molecule has 0 radical (unpaired) electrons. The summed E-state index contributed by atoms with van der Waals surface area (Å²) >= 11 is 0. The maximum atomic E-state index is 11.9. The van der Waals surface area contributed by atoms with Gasteiger partial charge in [0, 0.05) is 35.5 Å².